The summed E-state index contributed by atoms with van der Waals surface area (Å²) in [5.41, 5.74) is 0. The van der Waals surface area contributed by atoms with E-state index in [1.165, 1.54) is 19.3 Å². The van der Waals surface area contributed by atoms with Gasteiger partial charge in [-0.3, -0.25) is 0 Å². The predicted octanol–water partition coefficient (Wildman–Crippen LogP) is 1.19. The molecule has 104 valence electrons. The molecule has 0 aromatic rings. The summed E-state index contributed by atoms with van der Waals surface area (Å²) in [5.74, 6) is 0.117. The fourth-order valence-corrected chi connectivity index (χ4v) is 5.45. The SMILES string of the molecule is O=S1(=O)CC(Cl)C(NC(=S)NC2CCCCC2)C1. The Balaban J connectivity index is 1.80. The quantitative estimate of drug-likeness (QED) is 0.593. The summed E-state index contributed by atoms with van der Waals surface area (Å²) in [6, 6.07) is 0.158. The number of halogens is 1. The summed E-state index contributed by atoms with van der Waals surface area (Å²) in [6.45, 7) is 0. The van der Waals surface area contributed by atoms with Gasteiger partial charge in [0, 0.05) is 6.04 Å². The van der Waals surface area contributed by atoms with Crippen molar-refractivity contribution in [3.63, 3.8) is 0 Å². The summed E-state index contributed by atoms with van der Waals surface area (Å²) in [6.07, 6.45) is 6.03. The van der Waals surface area contributed by atoms with Crippen molar-refractivity contribution < 1.29 is 8.42 Å². The van der Waals surface area contributed by atoms with Gasteiger partial charge in [0.05, 0.1) is 22.9 Å². The smallest absolute Gasteiger partial charge is 0.166 e. The van der Waals surface area contributed by atoms with Gasteiger partial charge in [-0.1, -0.05) is 19.3 Å². The first-order valence-electron chi connectivity index (χ1n) is 6.38. The van der Waals surface area contributed by atoms with E-state index in [4.69, 9.17) is 23.8 Å². The van der Waals surface area contributed by atoms with E-state index in [0.29, 0.717) is 11.2 Å². The molecule has 2 atom stereocenters. The first-order chi connectivity index (χ1) is 8.46. The van der Waals surface area contributed by atoms with Gasteiger partial charge in [-0.2, -0.15) is 0 Å². The highest BCUT2D eigenvalue weighted by Crippen LogP contribution is 2.19. The molecule has 1 aliphatic carbocycles. The second-order valence-corrected chi connectivity index (χ2v) is 8.27. The van der Waals surface area contributed by atoms with Crippen molar-refractivity contribution in [2.24, 2.45) is 0 Å². The second-order valence-electron chi connectivity index (χ2n) is 5.15. The van der Waals surface area contributed by atoms with Crippen molar-refractivity contribution in [3.8, 4) is 0 Å². The number of rotatable bonds is 2. The van der Waals surface area contributed by atoms with Crippen LogP contribution in [0, 0.1) is 0 Å². The summed E-state index contributed by atoms with van der Waals surface area (Å²) >= 11 is 11.2. The summed E-state index contributed by atoms with van der Waals surface area (Å²) in [5, 5.41) is 6.45. The average molecular weight is 311 g/mol. The standard InChI is InChI=1S/C11H19ClN2O2S2/c12-9-6-18(15,16)7-10(9)14-11(17)13-8-4-2-1-3-5-8/h8-10H,1-7H2,(H2,13,14,17). The molecule has 1 saturated heterocycles. The molecule has 2 unspecified atom stereocenters. The fraction of sp³-hybridized carbons (Fsp3) is 0.909. The molecule has 0 bridgehead atoms. The van der Waals surface area contributed by atoms with Crippen LogP contribution in [0.3, 0.4) is 0 Å². The molecule has 2 aliphatic rings. The third kappa shape index (κ3) is 3.96. The van der Waals surface area contributed by atoms with Crippen molar-refractivity contribution in [2.45, 2.75) is 49.6 Å². The first kappa shape index (κ1) is 14.3. The number of alkyl halides is 1. The monoisotopic (exact) mass is 310 g/mol. The van der Waals surface area contributed by atoms with Crippen molar-refractivity contribution in [1.29, 1.82) is 0 Å². The highest BCUT2D eigenvalue weighted by molar-refractivity contribution is 7.91. The Bertz CT molecular complexity index is 407. The van der Waals surface area contributed by atoms with Crippen LogP contribution in [-0.2, 0) is 9.84 Å². The zero-order chi connectivity index (χ0) is 13.2. The molecule has 7 heteroatoms. The van der Waals surface area contributed by atoms with Gasteiger partial charge in [0.1, 0.15) is 0 Å². The summed E-state index contributed by atoms with van der Waals surface area (Å²) in [7, 11) is -3.01. The Morgan fingerprint density at radius 2 is 1.78 bits per heavy atom. The van der Waals surface area contributed by atoms with Gasteiger partial charge >= 0.3 is 0 Å². The minimum atomic E-state index is -3.01. The van der Waals surface area contributed by atoms with E-state index < -0.39 is 9.84 Å². The van der Waals surface area contributed by atoms with E-state index in [1.54, 1.807) is 0 Å². The Kier molecular flexibility index (Phi) is 4.72. The number of sulfone groups is 1. The van der Waals surface area contributed by atoms with E-state index in [-0.39, 0.29) is 22.9 Å². The van der Waals surface area contributed by atoms with Gasteiger partial charge in [0.15, 0.2) is 14.9 Å². The van der Waals surface area contributed by atoms with Crippen LogP contribution >= 0.6 is 23.8 Å². The molecular weight excluding hydrogens is 292 g/mol. The van der Waals surface area contributed by atoms with Gasteiger partial charge < -0.3 is 10.6 Å². The molecule has 0 radical (unpaired) electrons. The largest absolute Gasteiger partial charge is 0.360 e. The number of hydrogen-bond donors (Lipinski definition) is 2. The molecule has 0 aromatic heterocycles. The molecule has 2 fully saturated rings. The summed E-state index contributed by atoms with van der Waals surface area (Å²) < 4.78 is 22.9. The van der Waals surface area contributed by atoms with Gasteiger partial charge in [-0.25, -0.2) is 8.42 Å². The normalized spacial score (nSPS) is 32.1. The lowest BCUT2D eigenvalue weighted by Crippen LogP contribution is -2.49. The lowest BCUT2D eigenvalue weighted by molar-refractivity contribution is 0.411. The fourth-order valence-electron chi connectivity index (χ4n) is 2.58. The van der Waals surface area contributed by atoms with Crippen molar-refractivity contribution in [2.75, 3.05) is 11.5 Å². The van der Waals surface area contributed by atoms with Crippen molar-refractivity contribution in [1.82, 2.24) is 10.6 Å². The molecule has 1 aliphatic heterocycles. The molecule has 4 nitrogen and oxygen atoms in total. The van der Waals surface area contributed by atoms with Crippen LogP contribution in [0.15, 0.2) is 0 Å². The number of thiocarbonyl (C=S) groups is 1. The molecule has 18 heavy (non-hydrogen) atoms. The Hall–Kier alpha value is -0.0700. The topological polar surface area (TPSA) is 58.2 Å². The Morgan fingerprint density at radius 1 is 1.11 bits per heavy atom. The Labute approximate surface area is 119 Å². The maximum Gasteiger partial charge on any atom is 0.166 e. The maximum atomic E-state index is 11.4. The van der Waals surface area contributed by atoms with E-state index in [2.05, 4.69) is 10.6 Å². The van der Waals surface area contributed by atoms with Crippen LogP contribution < -0.4 is 10.6 Å². The maximum absolute atomic E-state index is 11.4. The average Bonchev–Trinajstić information content (AvgIpc) is 2.53. The zero-order valence-corrected chi connectivity index (χ0v) is 12.6. The first-order valence-corrected chi connectivity index (χ1v) is 9.04. The number of hydrogen-bond acceptors (Lipinski definition) is 3. The van der Waals surface area contributed by atoms with E-state index in [9.17, 15) is 8.42 Å². The van der Waals surface area contributed by atoms with Crippen LogP contribution in [-0.4, -0.2) is 42.5 Å². The Morgan fingerprint density at radius 3 is 2.33 bits per heavy atom. The van der Waals surface area contributed by atoms with Crippen LogP contribution in [0.25, 0.3) is 0 Å². The molecule has 2 rings (SSSR count). The van der Waals surface area contributed by atoms with Gasteiger partial charge in [-0.05, 0) is 25.1 Å². The molecular formula is C11H19ClN2O2S2. The second kappa shape index (κ2) is 5.92. The molecule has 0 amide bonds. The minimum absolute atomic E-state index is 0.0399. The third-order valence-electron chi connectivity index (χ3n) is 3.54. The van der Waals surface area contributed by atoms with Gasteiger partial charge in [0.2, 0.25) is 0 Å². The van der Waals surface area contributed by atoms with Crippen molar-refractivity contribution >= 4 is 38.8 Å². The minimum Gasteiger partial charge on any atom is -0.360 e. The molecule has 1 saturated carbocycles. The zero-order valence-electron chi connectivity index (χ0n) is 10.2. The molecule has 0 spiro atoms. The molecule has 2 N–H and O–H groups in total. The van der Waals surface area contributed by atoms with E-state index in [1.807, 2.05) is 0 Å². The van der Waals surface area contributed by atoms with Crippen molar-refractivity contribution in [3.05, 3.63) is 0 Å². The van der Waals surface area contributed by atoms with E-state index in [0.717, 1.165) is 12.8 Å². The van der Waals surface area contributed by atoms with Crippen LogP contribution in [0.2, 0.25) is 0 Å². The summed E-state index contributed by atoms with van der Waals surface area (Å²) in [4.78, 5) is 0. The third-order valence-corrected chi connectivity index (χ3v) is 6.15. The van der Waals surface area contributed by atoms with Gasteiger partial charge in [0.25, 0.3) is 0 Å². The highest BCUT2D eigenvalue weighted by atomic mass is 35.5. The molecule has 0 aromatic carbocycles. The van der Waals surface area contributed by atoms with Crippen LogP contribution in [0.4, 0.5) is 0 Å². The van der Waals surface area contributed by atoms with Gasteiger partial charge in [-0.15, -0.1) is 11.6 Å². The van der Waals surface area contributed by atoms with E-state index >= 15 is 0 Å². The predicted molar refractivity (Wildman–Crippen MR) is 77.8 cm³/mol. The number of nitrogens with one attached hydrogen (secondary N) is 2. The van der Waals surface area contributed by atoms with Crippen LogP contribution in [0.5, 0.6) is 0 Å². The van der Waals surface area contributed by atoms with Crippen LogP contribution in [0.1, 0.15) is 32.1 Å². The highest BCUT2D eigenvalue weighted by Gasteiger charge is 2.36. The lowest BCUT2D eigenvalue weighted by atomic mass is 9.96. The lowest BCUT2D eigenvalue weighted by Gasteiger charge is -2.26. The molecule has 1 heterocycles.